The highest BCUT2D eigenvalue weighted by atomic mass is 35.5. The van der Waals surface area contributed by atoms with Gasteiger partial charge in [0.1, 0.15) is 16.8 Å². The Morgan fingerprint density at radius 3 is 2.49 bits per heavy atom. The van der Waals surface area contributed by atoms with E-state index in [1.165, 1.54) is 11.8 Å². The molecular weight excluding hydrogens is 478 g/mol. The van der Waals surface area contributed by atoms with Gasteiger partial charge in [-0.25, -0.2) is 4.98 Å². The molecule has 1 heterocycles. The van der Waals surface area contributed by atoms with Gasteiger partial charge in [0.05, 0.1) is 18.4 Å². The number of aromatic nitrogens is 1. The molecule has 0 bridgehead atoms. The van der Waals surface area contributed by atoms with Crippen LogP contribution in [0, 0.1) is 11.3 Å². The maximum Gasteiger partial charge on any atom is 0.225 e. The number of hydrogen-bond acceptors (Lipinski definition) is 5. The van der Waals surface area contributed by atoms with E-state index in [-0.39, 0.29) is 12.3 Å². The summed E-state index contributed by atoms with van der Waals surface area (Å²) in [4.78, 5) is 17.2. The first-order chi connectivity index (χ1) is 17.1. The van der Waals surface area contributed by atoms with E-state index in [1.54, 1.807) is 31.4 Å². The van der Waals surface area contributed by atoms with E-state index in [1.807, 2.05) is 60.7 Å². The molecule has 3 aromatic carbocycles. The molecule has 0 atom stereocenters. The number of amides is 1. The van der Waals surface area contributed by atoms with E-state index in [2.05, 4.69) is 11.4 Å². The number of pyridine rings is 1. The largest absolute Gasteiger partial charge is 0.497 e. The molecule has 0 saturated carbocycles. The molecule has 0 aliphatic heterocycles. The average Bonchev–Trinajstić information content (AvgIpc) is 2.89. The lowest BCUT2D eigenvalue weighted by Crippen LogP contribution is -2.12. The summed E-state index contributed by atoms with van der Waals surface area (Å²) in [5.41, 5.74) is 4.53. The van der Waals surface area contributed by atoms with Gasteiger partial charge in [-0.1, -0.05) is 60.1 Å². The smallest absolute Gasteiger partial charge is 0.225 e. The summed E-state index contributed by atoms with van der Waals surface area (Å²) >= 11 is 7.39. The van der Waals surface area contributed by atoms with Crippen molar-refractivity contribution in [3.8, 4) is 34.2 Å². The fourth-order valence-electron chi connectivity index (χ4n) is 3.52. The van der Waals surface area contributed by atoms with Crippen molar-refractivity contribution in [3.05, 3.63) is 95.5 Å². The van der Waals surface area contributed by atoms with Crippen LogP contribution in [-0.2, 0) is 4.79 Å². The van der Waals surface area contributed by atoms with Crippen molar-refractivity contribution in [2.75, 3.05) is 18.2 Å². The van der Waals surface area contributed by atoms with Crippen molar-refractivity contribution in [1.29, 1.82) is 5.26 Å². The molecular formula is C28H22ClN3O2S. The zero-order valence-corrected chi connectivity index (χ0v) is 20.6. The summed E-state index contributed by atoms with van der Waals surface area (Å²) in [6.45, 7) is 0. The second-order valence-electron chi connectivity index (χ2n) is 7.60. The predicted octanol–water partition coefficient (Wildman–Crippen LogP) is 7.07. The molecule has 0 spiro atoms. The quantitative estimate of drug-likeness (QED) is 0.262. The Morgan fingerprint density at radius 2 is 1.80 bits per heavy atom. The molecule has 35 heavy (non-hydrogen) atoms. The summed E-state index contributed by atoms with van der Waals surface area (Å²) in [5.74, 6) is 1.08. The van der Waals surface area contributed by atoms with Crippen LogP contribution in [-0.4, -0.2) is 23.8 Å². The van der Waals surface area contributed by atoms with Gasteiger partial charge in [-0.2, -0.15) is 5.26 Å². The molecule has 1 amide bonds. The van der Waals surface area contributed by atoms with Gasteiger partial charge < -0.3 is 10.1 Å². The SMILES string of the molecule is COc1ccc(-c2cc(-c3ccccc3)nc(SCCC(=O)Nc3cccc(Cl)c3)c2C#N)cc1. The molecule has 0 aliphatic carbocycles. The molecule has 0 fully saturated rings. The minimum Gasteiger partial charge on any atom is -0.497 e. The summed E-state index contributed by atoms with van der Waals surface area (Å²) in [6, 6.07) is 28.7. The fraction of sp³-hybridized carbons (Fsp3) is 0.107. The van der Waals surface area contributed by atoms with E-state index in [9.17, 15) is 10.1 Å². The number of carbonyl (C=O) groups is 1. The van der Waals surface area contributed by atoms with Crippen molar-refractivity contribution >= 4 is 35.0 Å². The molecule has 7 heteroatoms. The summed E-state index contributed by atoms with van der Waals surface area (Å²) < 4.78 is 5.28. The maximum atomic E-state index is 12.4. The standard InChI is InChI=1S/C28H22ClN3O2S/c1-34-23-12-10-19(11-13-23)24-17-26(20-6-3-2-4-7-20)32-28(25(24)18-30)35-15-14-27(33)31-22-9-5-8-21(29)16-22/h2-13,16-17H,14-15H2,1H3,(H,31,33). The van der Waals surface area contributed by atoms with Gasteiger partial charge >= 0.3 is 0 Å². The lowest BCUT2D eigenvalue weighted by Gasteiger charge is -2.13. The highest BCUT2D eigenvalue weighted by molar-refractivity contribution is 7.99. The van der Waals surface area contributed by atoms with E-state index in [0.717, 1.165) is 28.1 Å². The molecule has 4 rings (SSSR count). The zero-order valence-electron chi connectivity index (χ0n) is 19.0. The predicted molar refractivity (Wildman–Crippen MR) is 142 cm³/mol. The number of hydrogen-bond donors (Lipinski definition) is 1. The van der Waals surface area contributed by atoms with Crippen molar-refractivity contribution < 1.29 is 9.53 Å². The second-order valence-corrected chi connectivity index (χ2v) is 9.12. The van der Waals surface area contributed by atoms with Crippen LogP contribution >= 0.6 is 23.4 Å². The molecule has 5 nitrogen and oxygen atoms in total. The first kappa shape index (κ1) is 24.3. The number of ether oxygens (including phenoxy) is 1. The van der Waals surface area contributed by atoms with Crippen molar-refractivity contribution in [3.63, 3.8) is 0 Å². The third-order valence-corrected chi connectivity index (χ3v) is 6.46. The number of benzene rings is 3. The number of rotatable bonds is 8. The normalized spacial score (nSPS) is 10.4. The van der Waals surface area contributed by atoms with E-state index >= 15 is 0 Å². The third kappa shape index (κ3) is 6.21. The Bertz CT molecular complexity index is 1370. The number of nitrogens with zero attached hydrogens (tertiary/aromatic N) is 2. The van der Waals surface area contributed by atoms with Gasteiger partial charge in [0, 0.05) is 34.0 Å². The summed E-state index contributed by atoms with van der Waals surface area (Å²) in [5, 5.41) is 14.0. The van der Waals surface area contributed by atoms with Gasteiger partial charge in [0.2, 0.25) is 5.91 Å². The van der Waals surface area contributed by atoms with Crippen LogP contribution < -0.4 is 10.1 Å². The number of anilines is 1. The molecule has 0 radical (unpaired) electrons. The molecule has 4 aromatic rings. The van der Waals surface area contributed by atoms with Gasteiger partial charge in [-0.3, -0.25) is 4.79 Å². The van der Waals surface area contributed by atoms with E-state index in [0.29, 0.717) is 27.1 Å². The molecule has 174 valence electrons. The summed E-state index contributed by atoms with van der Waals surface area (Å²) in [7, 11) is 1.62. The third-order valence-electron chi connectivity index (χ3n) is 5.24. The number of carbonyl (C=O) groups excluding carboxylic acids is 1. The van der Waals surface area contributed by atoms with Crippen molar-refractivity contribution in [1.82, 2.24) is 4.98 Å². The molecule has 1 aromatic heterocycles. The van der Waals surface area contributed by atoms with Gasteiger partial charge in [0.25, 0.3) is 0 Å². The second kappa shape index (κ2) is 11.6. The Labute approximate surface area is 213 Å². The van der Waals surface area contributed by atoms with Gasteiger partial charge in [-0.05, 0) is 42.0 Å². The number of nitrogens with one attached hydrogen (secondary N) is 1. The van der Waals surface area contributed by atoms with Crippen LogP contribution in [0.5, 0.6) is 5.75 Å². The zero-order chi connectivity index (χ0) is 24.6. The maximum absolute atomic E-state index is 12.4. The first-order valence-electron chi connectivity index (χ1n) is 10.9. The molecule has 0 saturated heterocycles. The van der Waals surface area contributed by atoms with Crippen LogP contribution in [0.3, 0.4) is 0 Å². The van der Waals surface area contributed by atoms with Crippen LogP contribution in [0.1, 0.15) is 12.0 Å². The molecule has 1 N–H and O–H groups in total. The minimum absolute atomic E-state index is 0.132. The topological polar surface area (TPSA) is 75.0 Å². The monoisotopic (exact) mass is 499 g/mol. The van der Waals surface area contributed by atoms with Crippen LogP contribution in [0.15, 0.2) is 90.0 Å². The lowest BCUT2D eigenvalue weighted by atomic mass is 9.99. The van der Waals surface area contributed by atoms with E-state index in [4.69, 9.17) is 21.3 Å². The fourth-order valence-corrected chi connectivity index (χ4v) is 4.65. The highest BCUT2D eigenvalue weighted by Crippen LogP contribution is 2.35. The highest BCUT2D eigenvalue weighted by Gasteiger charge is 2.16. The Balaban J connectivity index is 1.60. The van der Waals surface area contributed by atoms with Gasteiger partial charge in [0.15, 0.2) is 0 Å². The first-order valence-corrected chi connectivity index (χ1v) is 12.3. The van der Waals surface area contributed by atoms with Crippen molar-refractivity contribution in [2.24, 2.45) is 0 Å². The molecule has 0 unspecified atom stereocenters. The number of nitriles is 1. The van der Waals surface area contributed by atoms with Crippen molar-refractivity contribution in [2.45, 2.75) is 11.4 Å². The van der Waals surface area contributed by atoms with Crippen LogP contribution in [0.4, 0.5) is 5.69 Å². The van der Waals surface area contributed by atoms with Gasteiger partial charge in [-0.15, -0.1) is 11.8 Å². The molecule has 0 aliphatic rings. The Kier molecular flexibility index (Phi) is 8.04. The number of thioether (sulfide) groups is 1. The minimum atomic E-state index is -0.132. The van der Waals surface area contributed by atoms with E-state index < -0.39 is 0 Å². The average molecular weight is 500 g/mol. The van der Waals surface area contributed by atoms with Crippen LogP contribution in [0.25, 0.3) is 22.4 Å². The number of methoxy groups -OCH3 is 1. The summed E-state index contributed by atoms with van der Waals surface area (Å²) in [6.07, 6.45) is 0.261. The number of halogens is 1. The Hall–Kier alpha value is -3.79. The van der Waals surface area contributed by atoms with Crippen LogP contribution in [0.2, 0.25) is 5.02 Å². The Morgan fingerprint density at radius 1 is 1.03 bits per heavy atom. The lowest BCUT2D eigenvalue weighted by molar-refractivity contribution is -0.115.